The average molecular weight is 228 g/mol. The molecule has 2 saturated heterocycles. The van der Waals surface area contributed by atoms with Crippen LogP contribution in [0.4, 0.5) is 0 Å². The molecule has 0 aromatic rings. The van der Waals surface area contributed by atoms with Gasteiger partial charge in [0.25, 0.3) is 0 Å². The van der Waals surface area contributed by atoms with E-state index in [-0.39, 0.29) is 11.2 Å². The normalized spacial score (nSPS) is 35.6. The molecule has 16 heavy (non-hydrogen) atoms. The minimum atomic E-state index is -0.937. The SMILES string of the molecule is CC1(CN(CC2(C)CO2)C(=O)C(N)=O)CO1. The number of carbonyl (C=O) groups excluding carboxylic acids is 2. The van der Waals surface area contributed by atoms with Crippen LogP contribution in [-0.2, 0) is 19.1 Å². The Kier molecular flexibility index (Phi) is 2.43. The van der Waals surface area contributed by atoms with Crippen molar-refractivity contribution in [1.29, 1.82) is 0 Å². The molecule has 0 aliphatic carbocycles. The van der Waals surface area contributed by atoms with E-state index < -0.39 is 11.8 Å². The van der Waals surface area contributed by atoms with Crippen LogP contribution in [-0.4, -0.2) is 54.2 Å². The number of amides is 2. The van der Waals surface area contributed by atoms with Crippen LogP contribution in [0.25, 0.3) is 0 Å². The maximum Gasteiger partial charge on any atom is 0.311 e. The lowest BCUT2D eigenvalue weighted by molar-refractivity contribution is -0.145. The van der Waals surface area contributed by atoms with Crippen molar-refractivity contribution in [2.45, 2.75) is 25.0 Å². The highest BCUT2D eigenvalue weighted by atomic mass is 16.6. The fourth-order valence-electron chi connectivity index (χ4n) is 1.59. The summed E-state index contributed by atoms with van der Waals surface area (Å²) < 4.78 is 10.4. The molecule has 2 amide bonds. The molecule has 6 nitrogen and oxygen atoms in total. The van der Waals surface area contributed by atoms with Gasteiger partial charge in [-0.25, -0.2) is 0 Å². The van der Waals surface area contributed by atoms with Crippen LogP contribution in [0, 0.1) is 0 Å². The summed E-state index contributed by atoms with van der Waals surface area (Å²) in [6.07, 6.45) is 0. The van der Waals surface area contributed by atoms with Crippen LogP contribution >= 0.6 is 0 Å². The first kappa shape index (κ1) is 11.3. The number of nitrogens with zero attached hydrogens (tertiary/aromatic N) is 1. The number of primary amides is 1. The first-order chi connectivity index (χ1) is 7.34. The number of hydrogen-bond donors (Lipinski definition) is 1. The van der Waals surface area contributed by atoms with E-state index >= 15 is 0 Å². The molecular weight excluding hydrogens is 212 g/mol. The van der Waals surface area contributed by atoms with Crippen molar-refractivity contribution in [3.05, 3.63) is 0 Å². The molecule has 2 rings (SSSR count). The molecule has 6 heteroatoms. The number of rotatable bonds is 4. The Morgan fingerprint density at radius 3 is 1.81 bits per heavy atom. The van der Waals surface area contributed by atoms with Gasteiger partial charge < -0.3 is 20.1 Å². The summed E-state index contributed by atoms with van der Waals surface area (Å²) in [6, 6.07) is 0. The summed E-state index contributed by atoms with van der Waals surface area (Å²) in [5.41, 5.74) is 4.36. The van der Waals surface area contributed by atoms with Crippen molar-refractivity contribution in [1.82, 2.24) is 4.90 Å². The van der Waals surface area contributed by atoms with Crippen LogP contribution in [0.3, 0.4) is 0 Å². The number of carbonyl (C=O) groups is 2. The Hall–Kier alpha value is -1.14. The van der Waals surface area contributed by atoms with Crippen molar-refractivity contribution >= 4 is 11.8 Å². The van der Waals surface area contributed by atoms with Gasteiger partial charge in [0.1, 0.15) is 11.2 Å². The second-order valence-corrected chi connectivity index (χ2v) is 5.00. The van der Waals surface area contributed by atoms with Crippen molar-refractivity contribution < 1.29 is 19.1 Å². The zero-order valence-electron chi connectivity index (χ0n) is 9.49. The summed E-state index contributed by atoms with van der Waals surface area (Å²) in [4.78, 5) is 23.9. The third-order valence-corrected chi connectivity index (χ3v) is 2.82. The molecule has 0 aromatic heterocycles. The van der Waals surface area contributed by atoms with Crippen molar-refractivity contribution in [3.8, 4) is 0 Å². The quantitative estimate of drug-likeness (QED) is 0.487. The number of ether oxygens (including phenoxy) is 2. The lowest BCUT2D eigenvalue weighted by Gasteiger charge is -2.24. The van der Waals surface area contributed by atoms with Gasteiger partial charge in [0.15, 0.2) is 0 Å². The van der Waals surface area contributed by atoms with Gasteiger partial charge in [-0.15, -0.1) is 0 Å². The van der Waals surface area contributed by atoms with E-state index in [0.29, 0.717) is 26.3 Å². The monoisotopic (exact) mass is 228 g/mol. The van der Waals surface area contributed by atoms with Crippen LogP contribution in [0.5, 0.6) is 0 Å². The molecule has 2 unspecified atom stereocenters. The summed E-state index contributed by atoms with van der Waals surface area (Å²) >= 11 is 0. The fraction of sp³-hybridized carbons (Fsp3) is 0.800. The Bertz CT molecular complexity index is 314. The zero-order chi connectivity index (χ0) is 12.0. The van der Waals surface area contributed by atoms with Crippen molar-refractivity contribution in [2.24, 2.45) is 5.73 Å². The van der Waals surface area contributed by atoms with E-state index in [2.05, 4.69) is 0 Å². The topological polar surface area (TPSA) is 88.5 Å². The molecule has 0 spiro atoms. The lowest BCUT2D eigenvalue weighted by Crippen LogP contribution is -2.48. The zero-order valence-corrected chi connectivity index (χ0v) is 9.49. The molecule has 2 atom stereocenters. The van der Waals surface area contributed by atoms with Crippen molar-refractivity contribution in [2.75, 3.05) is 26.3 Å². The highest BCUT2D eigenvalue weighted by Crippen LogP contribution is 2.31. The predicted molar refractivity (Wildman–Crippen MR) is 54.5 cm³/mol. The van der Waals surface area contributed by atoms with E-state index in [1.807, 2.05) is 13.8 Å². The number of hydrogen-bond acceptors (Lipinski definition) is 4. The van der Waals surface area contributed by atoms with E-state index in [4.69, 9.17) is 15.2 Å². The molecule has 0 bridgehead atoms. The Morgan fingerprint density at radius 2 is 1.56 bits per heavy atom. The first-order valence-electron chi connectivity index (χ1n) is 5.20. The van der Waals surface area contributed by atoms with Gasteiger partial charge in [0.05, 0.1) is 26.3 Å². The highest BCUT2D eigenvalue weighted by molar-refractivity contribution is 6.34. The van der Waals surface area contributed by atoms with Crippen LogP contribution in [0.1, 0.15) is 13.8 Å². The minimum Gasteiger partial charge on any atom is -0.368 e. The Balaban J connectivity index is 2.00. The molecule has 0 radical (unpaired) electrons. The standard InChI is InChI=1S/C10H16N2O4/c1-9(5-15-9)3-12(8(14)7(11)13)4-10(2)6-16-10/h3-6H2,1-2H3,(H2,11,13). The van der Waals surface area contributed by atoms with Crippen LogP contribution < -0.4 is 5.73 Å². The smallest absolute Gasteiger partial charge is 0.311 e. The first-order valence-corrected chi connectivity index (χ1v) is 5.20. The highest BCUT2D eigenvalue weighted by Gasteiger charge is 2.47. The van der Waals surface area contributed by atoms with Gasteiger partial charge in [0, 0.05) is 0 Å². The molecule has 2 fully saturated rings. The molecular formula is C10H16N2O4. The fourth-order valence-corrected chi connectivity index (χ4v) is 1.59. The predicted octanol–water partition coefficient (Wildman–Crippen LogP) is -1.12. The maximum atomic E-state index is 11.6. The molecule has 2 aliphatic heterocycles. The van der Waals surface area contributed by atoms with E-state index in [1.54, 1.807) is 0 Å². The minimum absolute atomic E-state index is 0.323. The van der Waals surface area contributed by atoms with E-state index in [1.165, 1.54) is 4.90 Å². The number of epoxide rings is 2. The van der Waals surface area contributed by atoms with Gasteiger partial charge in [-0.3, -0.25) is 9.59 Å². The van der Waals surface area contributed by atoms with Crippen LogP contribution in [0.2, 0.25) is 0 Å². The summed E-state index contributed by atoms with van der Waals surface area (Å²) in [6.45, 7) is 5.76. The third kappa shape index (κ3) is 2.51. The largest absolute Gasteiger partial charge is 0.368 e. The van der Waals surface area contributed by atoms with Gasteiger partial charge in [0.2, 0.25) is 0 Å². The van der Waals surface area contributed by atoms with Crippen molar-refractivity contribution in [3.63, 3.8) is 0 Å². The summed E-state index contributed by atoms with van der Waals surface area (Å²) in [5, 5.41) is 0. The molecule has 0 saturated carbocycles. The molecule has 90 valence electrons. The van der Waals surface area contributed by atoms with Gasteiger partial charge in [-0.05, 0) is 13.8 Å². The molecule has 2 aliphatic rings. The molecule has 2 heterocycles. The van der Waals surface area contributed by atoms with Gasteiger partial charge >= 0.3 is 11.8 Å². The second-order valence-electron chi connectivity index (χ2n) is 5.00. The Morgan fingerprint density at radius 1 is 1.19 bits per heavy atom. The maximum absolute atomic E-state index is 11.6. The lowest BCUT2D eigenvalue weighted by atomic mass is 10.1. The second kappa shape index (κ2) is 3.43. The molecule has 0 aromatic carbocycles. The van der Waals surface area contributed by atoms with E-state index in [0.717, 1.165) is 0 Å². The van der Waals surface area contributed by atoms with Gasteiger partial charge in [-0.2, -0.15) is 0 Å². The summed E-state index contributed by atoms with van der Waals surface area (Å²) in [5.74, 6) is -1.61. The third-order valence-electron chi connectivity index (χ3n) is 2.82. The van der Waals surface area contributed by atoms with Crippen LogP contribution in [0.15, 0.2) is 0 Å². The Labute approximate surface area is 93.7 Å². The average Bonchev–Trinajstić information content (AvgIpc) is 3.07. The molecule has 2 N–H and O–H groups in total. The van der Waals surface area contributed by atoms with Gasteiger partial charge in [-0.1, -0.05) is 0 Å². The number of nitrogens with two attached hydrogens (primary N) is 1. The summed E-state index contributed by atoms with van der Waals surface area (Å²) in [7, 11) is 0. The van der Waals surface area contributed by atoms with E-state index in [9.17, 15) is 9.59 Å².